The van der Waals surface area contributed by atoms with Crippen molar-refractivity contribution in [2.24, 2.45) is 0 Å². The van der Waals surface area contributed by atoms with E-state index in [1.807, 2.05) is 0 Å². The molecule has 0 amide bonds. The van der Waals surface area contributed by atoms with Crippen LogP contribution in [0.25, 0.3) is 0 Å². The number of rotatable bonds is 5. The summed E-state index contributed by atoms with van der Waals surface area (Å²) < 4.78 is 10.5. The van der Waals surface area contributed by atoms with Crippen molar-refractivity contribution in [3.05, 3.63) is 57.1 Å². The monoisotopic (exact) mass is 309 g/mol. The van der Waals surface area contributed by atoms with Crippen molar-refractivity contribution in [3.63, 3.8) is 0 Å². The molecule has 0 bridgehead atoms. The fourth-order valence-corrected chi connectivity index (χ4v) is 1.99. The molecule has 2 aromatic carbocycles. The van der Waals surface area contributed by atoms with Crippen LogP contribution in [0, 0.1) is 10.1 Å². The molecule has 0 atom stereocenters. The van der Waals surface area contributed by atoms with Crippen LogP contribution in [0.4, 0.5) is 5.69 Å². The Hall–Kier alpha value is -2.31. The second kappa shape index (κ2) is 6.43. The highest BCUT2D eigenvalue weighted by Crippen LogP contribution is 2.38. The smallest absolute Gasteiger partial charge is 0.315 e. The number of aliphatic hydroxyl groups excluding tert-OH is 1. The highest BCUT2D eigenvalue weighted by atomic mass is 35.5. The number of hydrogen-bond donors (Lipinski definition) is 1. The first-order valence-corrected chi connectivity index (χ1v) is 6.33. The Labute approximate surface area is 125 Å². The molecule has 21 heavy (non-hydrogen) atoms. The van der Waals surface area contributed by atoms with Gasteiger partial charge in [0.2, 0.25) is 5.75 Å². The van der Waals surface area contributed by atoms with Gasteiger partial charge in [0.05, 0.1) is 29.7 Å². The van der Waals surface area contributed by atoms with E-state index in [0.29, 0.717) is 11.3 Å². The zero-order valence-corrected chi connectivity index (χ0v) is 11.8. The molecule has 0 saturated heterocycles. The van der Waals surface area contributed by atoms with Gasteiger partial charge in [-0.2, -0.15) is 0 Å². The van der Waals surface area contributed by atoms with Crippen LogP contribution in [-0.4, -0.2) is 17.1 Å². The molecule has 0 aliphatic heterocycles. The van der Waals surface area contributed by atoms with E-state index >= 15 is 0 Å². The largest absolute Gasteiger partial charge is 0.496 e. The highest BCUT2D eigenvalue weighted by molar-refractivity contribution is 6.32. The maximum atomic E-state index is 11.1. The minimum absolute atomic E-state index is 0.0172. The molecule has 0 fully saturated rings. The molecule has 7 heteroatoms. The summed E-state index contributed by atoms with van der Waals surface area (Å²) in [4.78, 5) is 10.5. The topological polar surface area (TPSA) is 81.8 Å². The molecular weight excluding hydrogens is 298 g/mol. The first-order chi connectivity index (χ1) is 10.1. The average molecular weight is 310 g/mol. The summed E-state index contributed by atoms with van der Waals surface area (Å²) in [7, 11) is 1.41. The second-order valence-electron chi connectivity index (χ2n) is 4.08. The summed E-state index contributed by atoms with van der Waals surface area (Å²) in [5.41, 5.74) is 0.186. The lowest BCUT2D eigenvalue weighted by molar-refractivity contribution is -0.385. The first-order valence-electron chi connectivity index (χ1n) is 5.95. The average Bonchev–Trinajstić information content (AvgIpc) is 2.49. The van der Waals surface area contributed by atoms with E-state index in [-0.39, 0.29) is 28.8 Å². The predicted molar refractivity (Wildman–Crippen MR) is 77.1 cm³/mol. The maximum Gasteiger partial charge on any atom is 0.315 e. The van der Waals surface area contributed by atoms with Gasteiger partial charge in [0.25, 0.3) is 0 Å². The molecule has 0 unspecified atom stereocenters. The summed E-state index contributed by atoms with van der Waals surface area (Å²) in [5, 5.41) is 20.7. The van der Waals surface area contributed by atoms with Crippen LogP contribution in [0.5, 0.6) is 17.2 Å². The van der Waals surface area contributed by atoms with E-state index in [2.05, 4.69) is 0 Å². The minimum Gasteiger partial charge on any atom is -0.496 e. The molecule has 0 aliphatic rings. The first kappa shape index (κ1) is 15.1. The number of aliphatic hydroxyl groups is 1. The van der Waals surface area contributed by atoms with Crippen molar-refractivity contribution in [2.75, 3.05) is 7.11 Å². The lowest BCUT2D eigenvalue weighted by Crippen LogP contribution is -1.97. The van der Waals surface area contributed by atoms with E-state index in [0.717, 1.165) is 0 Å². The summed E-state index contributed by atoms with van der Waals surface area (Å²) >= 11 is 6.02. The Kier molecular flexibility index (Phi) is 4.62. The summed E-state index contributed by atoms with van der Waals surface area (Å²) in [6, 6.07) is 9.06. The Morgan fingerprint density at radius 3 is 2.71 bits per heavy atom. The van der Waals surface area contributed by atoms with Gasteiger partial charge >= 0.3 is 5.69 Å². The van der Waals surface area contributed by atoms with E-state index in [1.165, 1.54) is 25.3 Å². The number of benzene rings is 2. The standard InChI is InChI=1S/C14H12ClNO5/c1-20-10-5-6-13(12(7-10)16(18)19)21-14-9(8-17)3-2-4-11(14)15/h2-7,17H,8H2,1H3. The van der Waals surface area contributed by atoms with Gasteiger partial charge in [-0.05, 0) is 18.2 Å². The molecule has 0 aliphatic carbocycles. The van der Waals surface area contributed by atoms with Crippen molar-refractivity contribution in [1.29, 1.82) is 0 Å². The fraction of sp³-hybridized carbons (Fsp3) is 0.143. The zero-order valence-electron chi connectivity index (χ0n) is 11.1. The number of methoxy groups -OCH3 is 1. The molecule has 0 saturated carbocycles. The molecule has 110 valence electrons. The van der Waals surface area contributed by atoms with Crippen LogP contribution in [0.3, 0.4) is 0 Å². The quantitative estimate of drug-likeness (QED) is 0.674. The third kappa shape index (κ3) is 3.24. The van der Waals surface area contributed by atoms with E-state index in [4.69, 9.17) is 21.1 Å². The van der Waals surface area contributed by atoms with E-state index in [1.54, 1.807) is 18.2 Å². The molecule has 1 N–H and O–H groups in total. The normalized spacial score (nSPS) is 10.2. The molecule has 0 heterocycles. The Balaban J connectivity index is 2.47. The lowest BCUT2D eigenvalue weighted by Gasteiger charge is -2.12. The van der Waals surface area contributed by atoms with Gasteiger partial charge in [0, 0.05) is 5.56 Å². The van der Waals surface area contributed by atoms with Crippen molar-refractivity contribution >= 4 is 17.3 Å². The van der Waals surface area contributed by atoms with Gasteiger partial charge in [0.1, 0.15) is 5.75 Å². The van der Waals surface area contributed by atoms with Gasteiger partial charge in [-0.15, -0.1) is 0 Å². The second-order valence-corrected chi connectivity index (χ2v) is 4.49. The number of hydrogen-bond acceptors (Lipinski definition) is 5. The molecule has 0 aromatic heterocycles. The number of halogens is 1. The van der Waals surface area contributed by atoms with Gasteiger partial charge < -0.3 is 14.6 Å². The summed E-state index contributed by atoms with van der Waals surface area (Å²) in [6.07, 6.45) is 0. The van der Waals surface area contributed by atoms with Crippen LogP contribution in [0.2, 0.25) is 5.02 Å². The summed E-state index contributed by atoms with van der Waals surface area (Å²) in [6.45, 7) is -0.292. The number of nitro benzene ring substituents is 1. The SMILES string of the molecule is COc1ccc(Oc2c(Cl)cccc2CO)c([N+](=O)[O-])c1. The molecule has 0 radical (unpaired) electrons. The van der Waals surface area contributed by atoms with Crippen LogP contribution in [0.15, 0.2) is 36.4 Å². The van der Waals surface area contributed by atoms with Crippen LogP contribution >= 0.6 is 11.6 Å². The van der Waals surface area contributed by atoms with Gasteiger partial charge in [-0.1, -0.05) is 23.7 Å². The molecule has 0 spiro atoms. The predicted octanol–water partition coefficient (Wildman–Crippen LogP) is 3.54. The Morgan fingerprint density at radius 1 is 1.33 bits per heavy atom. The van der Waals surface area contributed by atoms with Gasteiger partial charge in [0.15, 0.2) is 5.75 Å². The Bertz CT molecular complexity index is 674. The molecular formula is C14H12ClNO5. The van der Waals surface area contributed by atoms with Crippen molar-refractivity contribution in [2.45, 2.75) is 6.61 Å². The minimum atomic E-state index is -0.576. The number of ether oxygens (including phenoxy) is 2. The fourth-order valence-electron chi connectivity index (χ4n) is 1.76. The van der Waals surface area contributed by atoms with Gasteiger partial charge in [-0.3, -0.25) is 10.1 Å². The van der Waals surface area contributed by atoms with Crippen LogP contribution < -0.4 is 9.47 Å². The summed E-state index contributed by atoms with van der Waals surface area (Å²) in [5.74, 6) is 0.550. The van der Waals surface area contributed by atoms with Gasteiger partial charge in [-0.25, -0.2) is 0 Å². The number of para-hydroxylation sites is 1. The van der Waals surface area contributed by atoms with Crippen LogP contribution in [-0.2, 0) is 6.61 Å². The van der Waals surface area contributed by atoms with E-state index < -0.39 is 4.92 Å². The highest BCUT2D eigenvalue weighted by Gasteiger charge is 2.19. The number of nitrogens with zero attached hydrogens (tertiary/aromatic N) is 1. The van der Waals surface area contributed by atoms with Crippen molar-refractivity contribution in [3.8, 4) is 17.2 Å². The zero-order chi connectivity index (χ0) is 15.4. The third-order valence-corrected chi connectivity index (χ3v) is 3.09. The number of nitro groups is 1. The molecule has 6 nitrogen and oxygen atoms in total. The van der Waals surface area contributed by atoms with Crippen LogP contribution in [0.1, 0.15) is 5.56 Å². The Morgan fingerprint density at radius 2 is 2.10 bits per heavy atom. The maximum absolute atomic E-state index is 11.1. The third-order valence-electron chi connectivity index (χ3n) is 2.79. The van der Waals surface area contributed by atoms with E-state index in [9.17, 15) is 15.2 Å². The molecule has 2 aromatic rings. The lowest BCUT2D eigenvalue weighted by atomic mass is 10.2. The van der Waals surface area contributed by atoms with Crippen molar-refractivity contribution in [1.82, 2.24) is 0 Å². The molecule has 2 rings (SSSR count). The van der Waals surface area contributed by atoms with Crippen molar-refractivity contribution < 1.29 is 19.5 Å².